The monoisotopic (exact) mass is 263 g/mol. The van der Waals surface area contributed by atoms with Crippen molar-refractivity contribution in [3.8, 4) is 0 Å². The lowest BCUT2D eigenvalue weighted by Gasteiger charge is -2.26. The minimum absolute atomic E-state index is 0.495. The van der Waals surface area contributed by atoms with Crippen LogP contribution in [-0.4, -0.2) is 24.1 Å². The van der Waals surface area contributed by atoms with Crippen LogP contribution in [0.2, 0.25) is 0 Å². The van der Waals surface area contributed by atoms with Crippen LogP contribution in [0, 0.1) is 13.8 Å². The molecule has 0 aliphatic carbocycles. The SMILES string of the molecule is CCCN(CC)c1nc(C)cc(C)c1CNC(C)C. The summed E-state index contributed by atoms with van der Waals surface area (Å²) in [6.45, 7) is 16.0. The minimum Gasteiger partial charge on any atom is -0.357 e. The van der Waals surface area contributed by atoms with Gasteiger partial charge in [0.2, 0.25) is 0 Å². The molecule has 1 rings (SSSR count). The topological polar surface area (TPSA) is 28.2 Å². The molecule has 0 fully saturated rings. The second-order valence-electron chi connectivity index (χ2n) is 5.50. The second kappa shape index (κ2) is 7.49. The van der Waals surface area contributed by atoms with Gasteiger partial charge in [-0.1, -0.05) is 20.8 Å². The van der Waals surface area contributed by atoms with E-state index in [0.29, 0.717) is 6.04 Å². The smallest absolute Gasteiger partial charge is 0.133 e. The number of aryl methyl sites for hydroxylation is 2. The van der Waals surface area contributed by atoms with Crippen molar-refractivity contribution in [1.29, 1.82) is 0 Å². The summed E-state index contributed by atoms with van der Waals surface area (Å²) in [5.41, 5.74) is 3.79. The number of pyridine rings is 1. The number of hydrogen-bond acceptors (Lipinski definition) is 3. The normalized spacial score (nSPS) is 11.1. The Balaban J connectivity index is 3.10. The first kappa shape index (κ1) is 16.0. The predicted octanol–water partition coefficient (Wildman–Crippen LogP) is 3.43. The van der Waals surface area contributed by atoms with Crippen LogP contribution in [0.1, 0.15) is 50.9 Å². The maximum absolute atomic E-state index is 4.79. The van der Waals surface area contributed by atoms with Gasteiger partial charge in [0.25, 0.3) is 0 Å². The van der Waals surface area contributed by atoms with Gasteiger partial charge < -0.3 is 10.2 Å². The van der Waals surface area contributed by atoms with Crippen molar-refractivity contribution in [2.45, 2.75) is 60.5 Å². The minimum atomic E-state index is 0.495. The zero-order valence-electron chi connectivity index (χ0n) is 13.4. The summed E-state index contributed by atoms with van der Waals surface area (Å²) < 4.78 is 0. The first-order chi connectivity index (χ1) is 8.99. The van der Waals surface area contributed by atoms with Crippen LogP contribution < -0.4 is 10.2 Å². The highest BCUT2D eigenvalue weighted by Gasteiger charge is 2.14. The van der Waals surface area contributed by atoms with E-state index in [2.05, 4.69) is 57.8 Å². The molecule has 0 saturated heterocycles. The Bertz CT molecular complexity index is 399. The van der Waals surface area contributed by atoms with Gasteiger partial charge in [0.15, 0.2) is 0 Å². The molecular formula is C16H29N3. The Labute approximate surface area is 118 Å². The number of rotatable bonds is 7. The summed E-state index contributed by atoms with van der Waals surface area (Å²) in [6.07, 6.45) is 1.15. The molecule has 0 atom stereocenters. The summed E-state index contributed by atoms with van der Waals surface area (Å²) in [5, 5.41) is 3.52. The Morgan fingerprint density at radius 1 is 1.26 bits per heavy atom. The highest BCUT2D eigenvalue weighted by atomic mass is 15.2. The van der Waals surface area contributed by atoms with Gasteiger partial charge in [-0.05, 0) is 38.8 Å². The van der Waals surface area contributed by atoms with Crippen molar-refractivity contribution < 1.29 is 0 Å². The highest BCUT2D eigenvalue weighted by molar-refractivity contribution is 5.51. The maximum Gasteiger partial charge on any atom is 0.133 e. The van der Waals surface area contributed by atoms with E-state index < -0.39 is 0 Å². The van der Waals surface area contributed by atoms with Crippen molar-refractivity contribution in [2.75, 3.05) is 18.0 Å². The van der Waals surface area contributed by atoms with Gasteiger partial charge in [-0.2, -0.15) is 0 Å². The van der Waals surface area contributed by atoms with Gasteiger partial charge in [-0.3, -0.25) is 0 Å². The van der Waals surface area contributed by atoms with Gasteiger partial charge >= 0.3 is 0 Å². The molecule has 1 N–H and O–H groups in total. The van der Waals surface area contributed by atoms with Gasteiger partial charge in [0.1, 0.15) is 5.82 Å². The zero-order valence-corrected chi connectivity index (χ0v) is 13.4. The molecule has 1 aromatic rings. The summed E-state index contributed by atoms with van der Waals surface area (Å²) in [6, 6.07) is 2.68. The van der Waals surface area contributed by atoms with E-state index in [4.69, 9.17) is 4.98 Å². The molecule has 108 valence electrons. The zero-order chi connectivity index (χ0) is 14.4. The van der Waals surface area contributed by atoms with Crippen LogP contribution in [0.15, 0.2) is 6.07 Å². The molecule has 1 heterocycles. The van der Waals surface area contributed by atoms with Crippen LogP contribution >= 0.6 is 0 Å². The molecule has 3 nitrogen and oxygen atoms in total. The molecule has 0 unspecified atom stereocenters. The van der Waals surface area contributed by atoms with Crippen LogP contribution in [0.25, 0.3) is 0 Å². The van der Waals surface area contributed by atoms with Crippen LogP contribution in [0.4, 0.5) is 5.82 Å². The summed E-state index contributed by atoms with van der Waals surface area (Å²) in [7, 11) is 0. The van der Waals surface area contributed by atoms with E-state index in [1.165, 1.54) is 11.1 Å². The molecule has 0 saturated carbocycles. The number of aromatic nitrogens is 1. The Morgan fingerprint density at radius 2 is 1.95 bits per heavy atom. The molecule has 0 aliphatic heterocycles. The fourth-order valence-corrected chi connectivity index (χ4v) is 2.31. The van der Waals surface area contributed by atoms with Gasteiger partial charge in [-0.15, -0.1) is 0 Å². The van der Waals surface area contributed by atoms with Crippen LogP contribution in [0.5, 0.6) is 0 Å². The molecule has 0 amide bonds. The van der Waals surface area contributed by atoms with Crippen molar-refractivity contribution in [2.24, 2.45) is 0 Å². The third kappa shape index (κ3) is 4.50. The summed E-state index contributed by atoms with van der Waals surface area (Å²) in [4.78, 5) is 7.17. The van der Waals surface area contributed by atoms with Crippen molar-refractivity contribution in [1.82, 2.24) is 10.3 Å². The summed E-state index contributed by atoms with van der Waals surface area (Å²) in [5.74, 6) is 1.16. The fourth-order valence-electron chi connectivity index (χ4n) is 2.31. The lowest BCUT2D eigenvalue weighted by atomic mass is 10.1. The molecule has 19 heavy (non-hydrogen) atoms. The Morgan fingerprint density at radius 3 is 2.47 bits per heavy atom. The van der Waals surface area contributed by atoms with E-state index in [1.807, 2.05) is 0 Å². The van der Waals surface area contributed by atoms with Gasteiger partial charge in [-0.25, -0.2) is 4.98 Å². The van der Waals surface area contributed by atoms with Gasteiger partial charge in [0, 0.05) is 36.9 Å². The second-order valence-corrected chi connectivity index (χ2v) is 5.50. The quantitative estimate of drug-likeness (QED) is 0.817. The average Bonchev–Trinajstić information content (AvgIpc) is 2.33. The standard InChI is InChI=1S/C16H29N3/c1-7-9-19(8-2)16-15(11-17-12(3)4)13(5)10-14(6)18-16/h10,12,17H,7-9,11H2,1-6H3. The van der Waals surface area contributed by atoms with Crippen LogP contribution in [0.3, 0.4) is 0 Å². The third-order valence-corrected chi connectivity index (χ3v) is 3.32. The molecule has 1 aromatic heterocycles. The Hall–Kier alpha value is -1.09. The van der Waals surface area contributed by atoms with E-state index in [-0.39, 0.29) is 0 Å². The van der Waals surface area contributed by atoms with Crippen molar-refractivity contribution in [3.63, 3.8) is 0 Å². The number of nitrogens with one attached hydrogen (secondary N) is 1. The highest BCUT2D eigenvalue weighted by Crippen LogP contribution is 2.23. The lowest BCUT2D eigenvalue weighted by molar-refractivity contribution is 0.584. The van der Waals surface area contributed by atoms with Crippen LogP contribution in [-0.2, 0) is 6.54 Å². The molecule has 0 spiro atoms. The molecule has 0 radical (unpaired) electrons. The van der Waals surface area contributed by atoms with Crippen molar-refractivity contribution in [3.05, 3.63) is 22.9 Å². The first-order valence-electron chi connectivity index (χ1n) is 7.45. The molecule has 0 aromatic carbocycles. The molecule has 3 heteroatoms. The molecule has 0 aliphatic rings. The number of anilines is 1. The Kier molecular flexibility index (Phi) is 6.29. The molecule has 0 bridgehead atoms. The van der Waals surface area contributed by atoms with E-state index in [9.17, 15) is 0 Å². The first-order valence-corrected chi connectivity index (χ1v) is 7.45. The average molecular weight is 263 g/mol. The van der Waals surface area contributed by atoms with E-state index in [0.717, 1.165) is 37.6 Å². The third-order valence-electron chi connectivity index (χ3n) is 3.32. The predicted molar refractivity (Wildman–Crippen MR) is 83.9 cm³/mol. The van der Waals surface area contributed by atoms with Gasteiger partial charge in [0.05, 0.1) is 0 Å². The van der Waals surface area contributed by atoms with E-state index >= 15 is 0 Å². The molecular weight excluding hydrogens is 234 g/mol. The summed E-state index contributed by atoms with van der Waals surface area (Å²) >= 11 is 0. The maximum atomic E-state index is 4.79. The largest absolute Gasteiger partial charge is 0.357 e. The lowest BCUT2D eigenvalue weighted by Crippen LogP contribution is -2.29. The fraction of sp³-hybridized carbons (Fsp3) is 0.688. The number of nitrogens with zero attached hydrogens (tertiary/aromatic N) is 2. The number of hydrogen-bond donors (Lipinski definition) is 1. The van der Waals surface area contributed by atoms with E-state index in [1.54, 1.807) is 0 Å². The van der Waals surface area contributed by atoms with Crippen molar-refractivity contribution >= 4 is 5.82 Å².